The molecule has 1 saturated heterocycles. The summed E-state index contributed by atoms with van der Waals surface area (Å²) in [6.07, 6.45) is 3.78. The summed E-state index contributed by atoms with van der Waals surface area (Å²) < 4.78 is 60.4. The second kappa shape index (κ2) is 11.1. The molecule has 13 heteroatoms. The number of anilines is 1. The quantitative estimate of drug-likeness (QED) is 0.290. The number of rotatable bonds is 7. The van der Waals surface area contributed by atoms with Crippen molar-refractivity contribution in [1.82, 2.24) is 14.3 Å². The molecule has 1 aliphatic heterocycles. The lowest BCUT2D eigenvalue weighted by atomic mass is 9.96. The molecule has 2 aromatic heterocycles. The van der Waals surface area contributed by atoms with Crippen molar-refractivity contribution in [3.63, 3.8) is 0 Å². The molecule has 0 N–H and O–H groups in total. The Kier molecular flexibility index (Phi) is 7.81. The molecule has 0 radical (unpaired) electrons. The Morgan fingerprint density at radius 1 is 1.13 bits per heavy atom. The predicted molar refractivity (Wildman–Crippen MR) is 144 cm³/mol. The number of piperidine rings is 1. The van der Waals surface area contributed by atoms with Crippen LogP contribution in [-0.2, 0) is 21.4 Å². The van der Waals surface area contributed by atoms with Crippen molar-refractivity contribution >= 4 is 54.2 Å². The van der Waals surface area contributed by atoms with Gasteiger partial charge in [-0.1, -0.05) is 22.9 Å². The van der Waals surface area contributed by atoms with Crippen molar-refractivity contribution < 1.29 is 26.7 Å². The van der Waals surface area contributed by atoms with E-state index in [1.807, 2.05) is 0 Å². The van der Waals surface area contributed by atoms with Crippen LogP contribution in [0, 0.1) is 17.6 Å². The van der Waals surface area contributed by atoms with Crippen molar-refractivity contribution in [2.75, 3.05) is 25.1 Å². The van der Waals surface area contributed by atoms with E-state index in [2.05, 4.69) is 4.98 Å². The number of hydrogen-bond donors (Lipinski definition) is 0. The Bertz CT molecular complexity index is 1630. The SMILES string of the molecule is COc1ccc(Cl)c2sc(N(Cc3ccncc3)C(=O)C3CCN(S(=O)(=O)c4ccc(F)c(F)c4)CC3)nc12. The van der Waals surface area contributed by atoms with Gasteiger partial charge in [0.2, 0.25) is 15.9 Å². The maximum atomic E-state index is 13.9. The van der Waals surface area contributed by atoms with E-state index >= 15 is 0 Å². The molecule has 0 aliphatic carbocycles. The van der Waals surface area contributed by atoms with Gasteiger partial charge >= 0.3 is 0 Å². The highest BCUT2D eigenvalue weighted by Crippen LogP contribution is 2.40. The van der Waals surface area contributed by atoms with Crippen LogP contribution in [0.3, 0.4) is 0 Å². The monoisotopic (exact) mass is 592 g/mol. The van der Waals surface area contributed by atoms with Gasteiger partial charge in [0.1, 0.15) is 11.3 Å². The fraction of sp³-hybridized carbons (Fsp3) is 0.269. The molecule has 0 spiro atoms. The van der Waals surface area contributed by atoms with E-state index < -0.39 is 27.6 Å². The molecule has 2 aromatic carbocycles. The van der Waals surface area contributed by atoms with Crippen LogP contribution in [-0.4, -0.2) is 48.8 Å². The van der Waals surface area contributed by atoms with Gasteiger partial charge in [0.15, 0.2) is 16.8 Å². The second-order valence-corrected chi connectivity index (χ2v) is 12.3. The molecule has 0 saturated carbocycles. The summed E-state index contributed by atoms with van der Waals surface area (Å²) in [5.41, 5.74) is 1.39. The van der Waals surface area contributed by atoms with Gasteiger partial charge in [-0.15, -0.1) is 0 Å². The third kappa shape index (κ3) is 5.46. The third-order valence-electron chi connectivity index (χ3n) is 6.59. The van der Waals surface area contributed by atoms with E-state index in [0.717, 1.165) is 17.7 Å². The highest BCUT2D eigenvalue weighted by atomic mass is 35.5. The average Bonchev–Trinajstić information content (AvgIpc) is 3.40. The lowest BCUT2D eigenvalue weighted by molar-refractivity contribution is -0.123. The van der Waals surface area contributed by atoms with Crippen molar-refractivity contribution in [3.8, 4) is 5.75 Å². The second-order valence-electron chi connectivity index (χ2n) is 8.96. The number of carbonyl (C=O) groups is 1. The van der Waals surface area contributed by atoms with E-state index in [9.17, 15) is 22.0 Å². The van der Waals surface area contributed by atoms with Crippen LogP contribution in [0.2, 0.25) is 5.02 Å². The van der Waals surface area contributed by atoms with Crippen LogP contribution in [0.1, 0.15) is 18.4 Å². The van der Waals surface area contributed by atoms with Gasteiger partial charge in [0.25, 0.3) is 0 Å². The van der Waals surface area contributed by atoms with Gasteiger partial charge in [0.05, 0.1) is 28.3 Å². The molecular formula is C26H23ClF2N4O4S2. The summed E-state index contributed by atoms with van der Waals surface area (Å²) >= 11 is 7.69. The van der Waals surface area contributed by atoms with Gasteiger partial charge in [0, 0.05) is 31.4 Å². The van der Waals surface area contributed by atoms with Crippen LogP contribution in [0.25, 0.3) is 10.2 Å². The number of halogens is 3. The summed E-state index contributed by atoms with van der Waals surface area (Å²) in [6, 6.07) is 9.53. The van der Waals surface area contributed by atoms with Gasteiger partial charge in [-0.25, -0.2) is 22.2 Å². The van der Waals surface area contributed by atoms with E-state index in [4.69, 9.17) is 21.3 Å². The summed E-state index contributed by atoms with van der Waals surface area (Å²) in [5, 5.41) is 0.927. The number of sulfonamides is 1. The summed E-state index contributed by atoms with van der Waals surface area (Å²) in [5.74, 6) is -2.51. The van der Waals surface area contributed by atoms with E-state index in [0.29, 0.717) is 32.2 Å². The van der Waals surface area contributed by atoms with Crippen molar-refractivity contribution in [3.05, 3.63) is 77.1 Å². The van der Waals surface area contributed by atoms with Gasteiger partial charge < -0.3 is 4.74 Å². The minimum absolute atomic E-state index is 0.0559. The zero-order chi connectivity index (χ0) is 27.7. The number of benzene rings is 2. The number of pyridine rings is 1. The van der Waals surface area contributed by atoms with Crippen molar-refractivity contribution in [1.29, 1.82) is 0 Å². The van der Waals surface area contributed by atoms with Crippen LogP contribution in [0.4, 0.5) is 13.9 Å². The van der Waals surface area contributed by atoms with Crippen LogP contribution < -0.4 is 9.64 Å². The maximum Gasteiger partial charge on any atom is 0.243 e. The zero-order valence-corrected chi connectivity index (χ0v) is 23.1. The Labute approximate surface area is 232 Å². The Hall–Kier alpha value is -3.19. The normalized spacial score (nSPS) is 15.0. The van der Waals surface area contributed by atoms with E-state index in [-0.39, 0.29) is 43.3 Å². The average molecular weight is 593 g/mol. The van der Waals surface area contributed by atoms with Gasteiger partial charge in [-0.3, -0.25) is 14.7 Å². The largest absolute Gasteiger partial charge is 0.494 e. The zero-order valence-electron chi connectivity index (χ0n) is 20.7. The minimum atomic E-state index is -4.05. The molecule has 39 heavy (non-hydrogen) atoms. The lowest BCUT2D eigenvalue weighted by Gasteiger charge is -2.33. The molecular weight excluding hydrogens is 570 g/mol. The molecule has 3 heterocycles. The van der Waals surface area contributed by atoms with Crippen molar-refractivity contribution in [2.45, 2.75) is 24.3 Å². The number of amides is 1. The standard InChI is InChI=1S/C26H23ClF2N4O4S2/c1-37-22-5-3-19(27)24-23(22)31-26(38-24)33(15-16-6-10-30-11-7-16)25(34)17-8-12-32(13-9-17)39(35,36)18-2-4-20(28)21(29)14-18/h2-7,10-11,14,17H,8-9,12-13,15H2,1H3. The lowest BCUT2D eigenvalue weighted by Crippen LogP contribution is -2.44. The van der Waals surface area contributed by atoms with Gasteiger partial charge in [-0.05, 0) is 60.9 Å². The Morgan fingerprint density at radius 2 is 1.85 bits per heavy atom. The number of methoxy groups -OCH3 is 1. The first-order valence-electron chi connectivity index (χ1n) is 12.0. The first-order chi connectivity index (χ1) is 18.7. The fourth-order valence-corrected chi connectivity index (χ4v) is 7.22. The molecule has 204 valence electrons. The first kappa shape index (κ1) is 27.4. The van der Waals surface area contributed by atoms with E-state index in [1.165, 1.54) is 22.8 Å². The van der Waals surface area contributed by atoms with Crippen molar-refractivity contribution in [2.24, 2.45) is 5.92 Å². The van der Waals surface area contributed by atoms with Crippen LogP contribution in [0.15, 0.2) is 59.8 Å². The summed E-state index contributed by atoms with van der Waals surface area (Å²) in [4.78, 5) is 23.9. The topological polar surface area (TPSA) is 92.7 Å². The molecule has 0 bridgehead atoms. The number of hydrogen-bond acceptors (Lipinski definition) is 7. The molecule has 4 aromatic rings. The number of ether oxygens (including phenoxy) is 1. The number of fused-ring (bicyclic) bond motifs is 1. The minimum Gasteiger partial charge on any atom is -0.494 e. The molecule has 1 amide bonds. The molecule has 1 fully saturated rings. The number of carbonyl (C=O) groups excluding carboxylic acids is 1. The smallest absolute Gasteiger partial charge is 0.243 e. The van der Waals surface area contributed by atoms with Crippen LogP contribution >= 0.6 is 22.9 Å². The summed E-state index contributed by atoms with van der Waals surface area (Å²) in [6.45, 7) is 0.342. The fourth-order valence-electron chi connectivity index (χ4n) is 4.48. The third-order valence-corrected chi connectivity index (χ3v) is 10.0. The number of nitrogens with zero attached hydrogens (tertiary/aromatic N) is 4. The maximum absolute atomic E-state index is 13.9. The first-order valence-corrected chi connectivity index (χ1v) is 14.6. The highest BCUT2D eigenvalue weighted by Gasteiger charge is 2.35. The molecule has 0 atom stereocenters. The number of thiazole rings is 1. The summed E-state index contributed by atoms with van der Waals surface area (Å²) in [7, 11) is -2.51. The number of aromatic nitrogens is 2. The predicted octanol–water partition coefficient (Wildman–Crippen LogP) is 5.27. The van der Waals surface area contributed by atoms with Gasteiger partial charge in [-0.2, -0.15) is 4.31 Å². The molecule has 1 aliphatic rings. The Balaban J connectivity index is 1.40. The van der Waals surface area contributed by atoms with Crippen LogP contribution in [0.5, 0.6) is 5.75 Å². The molecule has 8 nitrogen and oxygen atoms in total. The molecule has 5 rings (SSSR count). The molecule has 0 unspecified atom stereocenters. The highest BCUT2D eigenvalue weighted by molar-refractivity contribution is 7.89. The Morgan fingerprint density at radius 3 is 2.51 bits per heavy atom. The van der Waals surface area contributed by atoms with E-state index in [1.54, 1.807) is 41.6 Å².